The van der Waals surface area contributed by atoms with Gasteiger partial charge in [0.1, 0.15) is 11.5 Å². The number of amides is 1. The molecule has 1 amide bonds. The van der Waals surface area contributed by atoms with Gasteiger partial charge in [0.15, 0.2) is 0 Å². The van der Waals surface area contributed by atoms with Crippen molar-refractivity contribution in [1.29, 1.82) is 0 Å². The maximum atomic E-state index is 12.7. The Bertz CT molecular complexity index is 712. The van der Waals surface area contributed by atoms with Crippen LogP contribution in [0.4, 0.5) is 0 Å². The van der Waals surface area contributed by atoms with E-state index in [0.717, 1.165) is 30.0 Å². The molecular formula is C19H21NO3. The van der Waals surface area contributed by atoms with Gasteiger partial charge >= 0.3 is 0 Å². The van der Waals surface area contributed by atoms with Gasteiger partial charge in [0.25, 0.3) is 0 Å². The molecule has 0 bridgehead atoms. The van der Waals surface area contributed by atoms with Gasteiger partial charge in [-0.15, -0.1) is 0 Å². The summed E-state index contributed by atoms with van der Waals surface area (Å²) >= 11 is 0. The number of carbonyl (C=O) groups excluding carboxylic acids is 1. The molecule has 2 aromatic rings. The largest absolute Gasteiger partial charge is 0.497 e. The lowest BCUT2D eigenvalue weighted by molar-refractivity contribution is -0.131. The van der Waals surface area contributed by atoms with Crippen molar-refractivity contribution >= 4 is 5.91 Å². The zero-order valence-corrected chi connectivity index (χ0v) is 13.5. The molecule has 0 atom stereocenters. The maximum Gasteiger partial charge on any atom is 0.227 e. The lowest BCUT2D eigenvalue weighted by Crippen LogP contribution is -2.36. The third kappa shape index (κ3) is 3.31. The number of rotatable bonds is 4. The van der Waals surface area contributed by atoms with Gasteiger partial charge in [0, 0.05) is 18.7 Å². The fourth-order valence-corrected chi connectivity index (χ4v) is 3.00. The highest BCUT2D eigenvalue weighted by Gasteiger charge is 2.21. The molecule has 3 rings (SSSR count). The van der Waals surface area contributed by atoms with Crippen molar-refractivity contribution in [2.24, 2.45) is 0 Å². The topological polar surface area (TPSA) is 38.8 Å². The fourth-order valence-electron chi connectivity index (χ4n) is 3.00. The Morgan fingerprint density at radius 2 is 1.87 bits per heavy atom. The monoisotopic (exact) mass is 311 g/mol. The molecule has 1 aliphatic rings. The first kappa shape index (κ1) is 15.4. The second kappa shape index (κ2) is 6.73. The maximum absolute atomic E-state index is 12.7. The molecule has 120 valence electrons. The van der Waals surface area contributed by atoms with Gasteiger partial charge in [0.2, 0.25) is 5.91 Å². The average Bonchev–Trinajstić information content (AvgIpc) is 2.61. The van der Waals surface area contributed by atoms with Crippen molar-refractivity contribution in [3.8, 4) is 11.5 Å². The van der Waals surface area contributed by atoms with Crippen LogP contribution < -0.4 is 9.47 Å². The quantitative estimate of drug-likeness (QED) is 0.871. The van der Waals surface area contributed by atoms with Crippen molar-refractivity contribution in [1.82, 2.24) is 4.90 Å². The van der Waals surface area contributed by atoms with Crippen LogP contribution in [0.1, 0.15) is 16.7 Å². The van der Waals surface area contributed by atoms with E-state index >= 15 is 0 Å². The predicted octanol–water partition coefficient (Wildman–Crippen LogP) is 2.83. The Morgan fingerprint density at radius 1 is 1.09 bits per heavy atom. The summed E-state index contributed by atoms with van der Waals surface area (Å²) < 4.78 is 10.6. The molecule has 2 aromatic carbocycles. The lowest BCUT2D eigenvalue weighted by atomic mass is 9.99. The number of fused-ring (bicyclic) bond motifs is 1. The first-order chi connectivity index (χ1) is 11.2. The smallest absolute Gasteiger partial charge is 0.227 e. The Balaban J connectivity index is 1.75. The summed E-state index contributed by atoms with van der Waals surface area (Å²) in [7, 11) is 3.24. The minimum atomic E-state index is 0.117. The zero-order chi connectivity index (χ0) is 16.2. The van der Waals surface area contributed by atoms with E-state index in [1.807, 2.05) is 29.2 Å². The first-order valence-electron chi connectivity index (χ1n) is 7.76. The van der Waals surface area contributed by atoms with E-state index in [1.165, 1.54) is 11.1 Å². The van der Waals surface area contributed by atoms with Crippen LogP contribution >= 0.6 is 0 Å². The highest BCUT2D eigenvalue weighted by Crippen LogP contribution is 2.26. The number of methoxy groups -OCH3 is 2. The van der Waals surface area contributed by atoms with Crippen molar-refractivity contribution in [2.45, 2.75) is 19.4 Å². The normalized spacial score (nSPS) is 13.4. The van der Waals surface area contributed by atoms with Gasteiger partial charge in [-0.1, -0.05) is 24.3 Å². The number of benzene rings is 2. The molecule has 0 aromatic heterocycles. The minimum absolute atomic E-state index is 0.117. The highest BCUT2D eigenvalue weighted by molar-refractivity contribution is 5.80. The third-order valence-corrected chi connectivity index (χ3v) is 4.31. The number of ether oxygens (including phenoxy) is 2. The molecule has 4 heteroatoms. The third-order valence-electron chi connectivity index (χ3n) is 4.31. The molecule has 23 heavy (non-hydrogen) atoms. The number of carbonyl (C=O) groups is 1. The molecule has 0 aliphatic carbocycles. The lowest BCUT2D eigenvalue weighted by Gasteiger charge is -2.29. The molecular weight excluding hydrogens is 290 g/mol. The van der Waals surface area contributed by atoms with Crippen molar-refractivity contribution in [3.63, 3.8) is 0 Å². The van der Waals surface area contributed by atoms with Gasteiger partial charge in [-0.25, -0.2) is 0 Å². The molecule has 0 spiro atoms. The molecule has 0 saturated carbocycles. The van der Waals surface area contributed by atoms with Crippen LogP contribution in [0.25, 0.3) is 0 Å². The van der Waals surface area contributed by atoms with Crippen LogP contribution in [0.5, 0.6) is 11.5 Å². The van der Waals surface area contributed by atoms with Gasteiger partial charge in [-0.05, 0) is 35.7 Å². The van der Waals surface area contributed by atoms with Crippen LogP contribution in [-0.4, -0.2) is 31.6 Å². The average molecular weight is 311 g/mol. The summed E-state index contributed by atoms with van der Waals surface area (Å²) in [5.74, 6) is 1.57. The molecule has 0 fully saturated rings. The molecule has 0 N–H and O–H groups in total. The van der Waals surface area contributed by atoms with Gasteiger partial charge in [-0.3, -0.25) is 4.79 Å². The second-order valence-electron chi connectivity index (χ2n) is 5.69. The fraction of sp³-hybridized carbons (Fsp3) is 0.316. The first-order valence-corrected chi connectivity index (χ1v) is 7.76. The number of nitrogens with zero attached hydrogens (tertiary/aromatic N) is 1. The summed E-state index contributed by atoms with van der Waals surface area (Å²) in [4.78, 5) is 14.6. The van der Waals surface area contributed by atoms with E-state index in [4.69, 9.17) is 9.47 Å². The second-order valence-corrected chi connectivity index (χ2v) is 5.69. The highest BCUT2D eigenvalue weighted by atomic mass is 16.5. The van der Waals surface area contributed by atoms with E-state index in [-0.39, 0.29) is 5.91 Å². The van der Waals surface area contributed by atoms with Crippen LogP contribution in [-0.2, 0) is 24.2 Å². The van der Waals surface area contributed by atoms with Gasteiger partial charge in [0.05, 0.1) is 20.6 Å². The van der Waals surface area contributed by atoms with Crippen molar-refractivity contribution < 1.29 is 14.3 Å². The summed E-state index contributed by atoms with van der Waals surface area (Å²) in [5.41, 5.74) is 3.44. The number of hydrogen-bond donors (Lipinski definition) is 0. The van der Waals surface area contributed by atoms with Crippen molar-refractivity contribution in [3.05, 3.63) is 59.2 Å². The van der Waals surface area contributed by atoms with E-state index in [0.29, 0.717) is 13.0 Å². The number of hydrogen-bond acceptors (Lipinski definition) is 3. The standard InChI is InChI=1S/C19H21NO3/c1-22-17-7-8-18(23-2)16(11-17)12-19(21)20-10-9-14-5-3-4-6-15(14)13-20/h3-8,11H,9-10,12-13H2,1-2H3. The Labute approximate surface area is 136 Å². The zero-order valence-electron chi connectivity index (χ0n) is 13.5. The van der Waals surface area contributed by atoms with E-state index < -0.39 is 0 Å². The molecule has 4 nitrogen and oxygen atoms in total. The van der Waals surface area contributed by atoms with Crippen molar-refractivity contribution in [2.75, 3.05) is 20.8 Å². The predicted molar refractivity (Wildman–Crippen MR) is 88.8 cm³/mol. The van der Waals surface area contributed by atoms with Crippen LogP contribution in [0.3, 0.4) is 0 Å². The van der Waals surface area contributed by atoms with Crippen LogP contribution in [0.15, 0.2) is 42.5 Å². The van der Waals surface area contributed by atoms with Gasteiger partial charge in [-0.2, -0.15) is 0 Å². The van der Waals surface area contributed by atoms with Crippen LogP contribution in [0, 0.1) is 0 Å². The summed E-state index contributed by atoms with van der Waals surface area (Å²) in [5, 5.41) is 0. The van der Waals surface area contributed by atoms with E-state index in [1.54, 1.807) is 14.2 Å². The Hall–Kier alpha value is -2.49. The SMILES string of the molecule is COc1ccc(OC)c(CC(=O)N2CCc3ccccc3C2)c1. The van der Waals surface area contributed by atoms with E-state index in [2.05, 4.69) is 18.2 Å². The molecule has 1 aliphatic heterocycles. The molecule has 0 unspecified atom stereocenters. The van der Waals surface area contributed by atoms with Crippen LogP contribution in [0.2, 0.25) is 0 Å². The van der Waals surface area contributed by atoms with Gasteiger partial charge < -0.3 is 14.4 Å². The minimum Gasteiger partial charge on any atom is -0.497 e. The summed E-state index contributed by atoms with van der Waals surface area (Å²) in [6.45, 7) is 1.45. The molecule has 0 saturated heterocycles. The molecule has 0 radical (unpaired) electrons. The van der Waals surface area contributed by atoms with E-state index in [9.17, 15) is 4.79 Å². The Morgan fingerprint density at radius 3 is 2.61 bits per heavy atom. The Kier molecular flexibility index (Phi) is 4.51. The summed E-state index contributed by atoms with van der Waals surface area (Å²) in [6, 6.07) is 13.9. The molecule has 1 heterocycles. The summed E-state index contributed by atoms with van der Waals surface area (Å²) in [6.07, 6.45) is 1.24.